The Labute approximate surface area is 144 Å². The molecule has 1 unspecified atom stereocenters. The Morgan fingerprint density at radius 1 is 1.21 bits per heavy atom. The number of hydrogen-bond donors (Lipinski definition) is 1. The van der Waals surface area contributed by atoms with E-state index in [0.717, 1.165) is 25.1 Å². The van der Waals surface area contributed by atoms with Crippen molar-refractivity contribution in [3.63, 3.8) is 0 Å². The van der Waals surface area contributed by atoms with E-state index in [4.69, 9.17) is 0 Å². The number of nitrogens with one attached hydrogen (secondary N) is 1. The van der Waals surface area contributed by atoms with Gasteiger partial charge in [-0.25, -0.2) is 0 Å². The Kier molecular flexibility index (Phi) is 5.56. The van der Waals surface area contributed by atoms with Crippen LogP contribution in [0.2, 0.25) is 0 Å². The normalized spacial score (nSPS) is 16.6. The minimum Gasteiger partial charge on any atom is -0.352 e. The van der Waals surface area contributed by atoms with Gasteiger partial charge in [0.1, 0.15) is 0 Å². The molecule has 1 saturated heterocycles. The summed E-state index contributed by atoms with van der Waals surface area (Å²) in [5.74, 6) is 0.139. The second-order valence-corrected chi connectivity index (χ2v) is 6.81. The Bertz CT molecular complexity index is 685. The van der Waals surface area contributed by atoms with Crippen molar-refractivity contribution in [1.29, 1.82) is 0 Å². The number of rotatable bonds is 7. The van der Waals surface area contributed by atoms with Gasteiger partial charge in [0.05, 0.1) is 6.42 Å². The molecule has 0 radical (unpaired) electrons. The predicted molar refractivity (Wildman–Crippen MR) is 99.2 cm³/mol. The fourth-order valence-electron chi connectivity index (χ4n) is 3.73. The smallest absolute Gasteiger partial charge is 0.224 e. The number of hydrogen-bond acceptors (Lipinski definition) is 2. The van der Waals surface area contributed by atoms with Crippen LogP contribution in [-0.4, -0.2) is 41.1 Å². The summed E-state index contributed by atoms with van der Waals surface area (Å²) in [7, 11) is 0. The third-order valence-corrected chi connectivity index (χ3v) is 5.10. The van der Waals surface area contributed by atoms with Crippen LogP contribution in [0.25, 0.3) is 10.9 Å². The Balaban J connectivity index is 1.65. The van der Waals surface area contributed by atoms with Crippen molar-refractivity contribution < 1.29 is 4.79 Å². The van der Waals surface area contributed by atoms with Crippen LogP contribution in [0.1, 0.15) is 38.7 Å². The highest BCUT2D eigenvalue weighted by molar-refractivity contribution is 5.89. The van der Waals surface area contributed by atoms with E-state index in [0.29, 0.717) is 6.42 Å². The number of aryl methyl sites for hydroxylation is 1. The van der Waals surface area contributed by atoms with Gasteiger partial charge in [-0.3, -0.25) is 4.79 Å². The van der Waals surface area contributed by atoms with E-state index in [2.05, 4.69) is 53.0 Å². The quantitative estimate of drug-likeness (QED) is 0.848. The molecule has 0 bridgehead atoms. The first-order valence-electron chi connectivity index (χ1n) is 9.29. The Hall–Kier alpha value is -1.81. The van der Waals surface area contributed by atoms with Crippen molar-refractivity contribution in [2.24, 2.45) is 0 Å². The van der Waals surface area contributed by atoms with Crippen LogP contribution < -0.4 is 5.32 Å². The number of fused-ring (bicyclic) bond motifs is 1. The van der Waals surface area contributed by atoms with Crippen molar-refractivity contribution in [2.45, 2.75) is 52.1 Å². The summed E-state index contributed by atoms with van der Waals surface area (Å²) in [6.45, 7) is 8.56. The molecule has 0 spiro atoms. The molecular weight excluding hydrogens is 298 g/mol. The van der Waals surface area contributed by atoms with Gasteiger partial charge in [0, 0.05) is 36.2 Å². The molecule has 2 heterocycles. The molecule has 0 saturated carbocycles. The number of likely N-dealkylation sites (tertiary alicyclic amines) is 1. The van der Waals surface area contributed by atoms with Crippen LogP contribution >= 0.6 is 0 Å². The lowest BCUT2D eigenvalue weighted by Gasteiger charge is -2.23. The number of amides is 1. The Morgan fingerprint density at radius 2 is 1.96 bits per heavy atom. The van der Waals surface area contributed by atoms with Gasteiger partial charge in [0.25, 0.3) is 0 Å². The average Bonchev–Trinajstić information content (AvgIpc) is 3.22. The molecule has 1 amide bonds. The second kappa shape index (κ2) is 7.84. The van der Waals surface area contributed by atoms with Gasteiger partial charge in [-0.1, -0.05) is 25.1 Å². The third-order valence-electron chi connectivity index (χ3n) is 5.10. The van der Waals surface area contributed by atoms with Gasteiger partial charge in [-0.2, -0.15) is 0 Å². The molecule has 1 aliphatic heterocycles. The summed E-state index contributed by atoms with van der Waals surface area (Å²) in [6.07, 6.45) is 6.16. The van der Waals surface area contributed by atoms with Gasteiger partial charge in [0.15, 0.2) is 0 Å². The second-order valence-electron chi connectivity index (χ2n) is 6.81. The minimum absolute atomic E-state index is 0.139. The highest BCUT2D eigenvalue weighted by Crippen LogP contribution is 2.21. The first kappa shape index (κ1) is 17.0. The summed E-state index contributed by atoms with van der Waals surface area (Å²) in [6, 6.07) is 8.61. The van der Waals surface area contributed by atoms with E-state index >= 15 is 0 Å². The van der Waals surface area contributed by atoms with Crippen LogP contribution in [0, 0.1) is 0 Å². The SMILES string of the molecule is CCC(CN1CCCC1)NC(=O)Cc1cn(CC)c2ccccc12. The zero-order chi connectivity index (χ0) is 16.9. The molecule has 1 atom stereocenters. The topological polar surface area (TPSA) is 37.3 Å². The molecule has 1 aromatic heterocycles. The van der Waals surface area contributed by atoms with Gasteiger partial charge in [0.2, 0.25) is 5.91 Å². The fraction of sp³-hybridized carbons (Fsp3) is 0.550. The summed E-state index contributed by atoms with van der Waals surface area (Å²) in [5, 5.41) is 4.44. The van der Waals surface area contributed by atoms with E-state index in [1.165, 1.54) is 36.8 Å². The number of aromatic nitrogens is 1. The van der Waals surface area contributed by atoms with Crippen LogP contribution in [-0.2, 0) is 17.8 Å². The zero-order valence-corrected chi connectivity index (χ0v) is 14.9. The molecular formula is C20H29N3O. The first-order valence-corrected chi connectivity index (χ1v) is 9.29. The van der Waals surface area contributed by atoms with Gasteiger partial charge in [-0.15, -0.1) is 0 Å². The van der Waals surface area contributed by atoms with E-state index in [1.807, 2.05) is 6.07 Å². The van der Waals surface area contributed by atoms with Crippen LogP contribution in [0.3, 0.4) is 0 Å². The summed E-state index contributed by atoms with van der Waals surface area (Å²) in [5.41, 5.74) is 2.34. The molecule has 4 nitrogen and oxygen atoms in total. The lowest BCUT2D eigenvalue weighted by atomic mass is 10.1. The highest BCUT2D eigenvalue weighted by atomic mass is 16.1. The summed E-state index contributed by atoms with van der Waals surface area (Å²) in [4.78, 5) is 15.0. The maximum atomic E-state index is 12.6. The van der Waals surface area contributed by atoms with Crippen molar-refractivity contribution in [3.05, 3.63) is 36.0 Å². The molecule has 1 aliphatic rings. The number of carbonyl (C=O) groups is 1. The molecule has 1 fully saturated rings. The van der Waals surface area contributed by atoms with Crippen molar-refractivity contribution in [3.8, 4) is 0 Å². The standard InChI is InChI=1S/C20H29N3O/c1-3-17(15-22-11-7-8-12-22)21-20(24)13-16-14-23(4-2)19-10-6-5-9-18(16)19/h5-6,9-10,14,17H,3-4,7-8,11-13,15H2,1-2H3,(H,21,24). The summed E-state index contributed by atoms with van der Waals surface area (Å²) < 4.78 is 2.22. The van der Waals surface area contributed by atoms with Crippen LogP contribution in [0.15, 0.2) is 30.5 Å². The largest absolute Gasteiger partial charge is 0.352 e. The number of nitrogens with zero attached hydrogens (tertiary/aromatic N) is 2. The zero-order valence-electron chi connectivity index (χ0n) is 14.9. The average molecular weight is 327 g/mol. The van der Waals surface area contributed by atoms with Gasteiger partial charge in [-0.05, 0) is 50.9 Å². The van der Waals surface area contributed by atoms with E-state index < -0.39 is 0 Å². The van der Waals surface area contributed by atoms with Crippen molar-refractivity contribution >= 4 is 16.8 Å². The molecule has 24 heavy (non-hydrogen) atoms. The number of carbonyl (C=O) groups excluding carboxylic acids is 1. The van der Waals surface area contributed by atoms with E-state index in [9.17, 15) is 4.79 Å². The van der Waals surface area contributed by atoms with Gasteiger partial charge >= 0.3 is 0 Å². The summed E-state index contributed by atoms with van der Waals surface area (Å²) >= 11 is 0. The molecule has 130 valence electrons. The van der Waals surface area contributed by atoms with Crippen LogP contribution in [0.4, 0.5) is 0 Å². The van der Waals surface area contributed by atoms with E-state index in [-0.39, 0.29) is 11.9 Å². The Morgan fingerprint density at radius 3 is 2.67 bits per heavy atom. The fourth-order valence-corrected chi connectivity index (χ4v) is 3.73. The molecule has 1 aromatic carbocycles. The lowest BCUT2D eigenvalue weighted by molar-refractivity contribution is -0.121. The molecule has 0 aliphatic carbocycles. The predicted octanol–water partition coefficient (Wildman–Crippen LogP) is 3.19. The first-order chi connectivity index (χ1) is 11.7. The molecule has 1 N–H and O–H groups in total. The minimum atomic E-state index is 0.139. The maximum Gasteiger partial charge on any atom is 0.224 e. The van der Waals surface area contributed by atoms with Crippen molar-refractivity contribution in [1.82, 2.24) is 14.8 Å². The molecule has 2 aromatic rings. The monoisotopic (exact) mass is 327 g/mol. The van der Waals surface area contributed by atoms with E-state index in [1.54, 1.807) is 0 Å². The highest BCUT2D eigenvalue weighted by Gasteiger charge is 2.19. The number of para-hydroxylation sites is 1. The van der Waals surface area contributed by atoms with Gasteiger partial charge < -0.3 is 14.8 Å². The van der Waals surface area contributed by atoms with Crippen molar-refractivity contribution in [2.75, 3.05) is 19.6 Å². The maximum absolute atomic E-state index is 12.6. The third kappa shape index (κ3) is 3.81. The number of benzene rings is 1. The lowest BCUT2D eigenvalue weighted by Crippen LogP contribution is -2.43. The molecule has 3 rings (SSSR count). The molecule has 4 heteroatoms. The van der Waals surface area contributed by atoms with Crippen LogP contribution in [0.5, 0.6) is 0 Å².